The van der Waals surface area contributed by atoms with Crippen LogP contribution in [-0.2, 0) is 6.54 Å². The number of thiazole rings is 1. The Morgan fingerprint density at radius 3 is 2.93 bits per heavy atom. The summed E-state index contributed by atoms with van der Waals surface area (Å²) in [7, 11) is 0. The zero-order chi connectivity index (χ0) is 10.7. The van der Waals surface area contributed by atoms with Crippen LogP contribution in [0.4, 0.5) is 0 Å². The molecule has 15 heavy (non-hydrogen) atoms. The Balaban J connectivity index is 2.17. The fraction of sp³-hybridized carbons (Fsp3) is 0.364. The molecule has 0 spiro atoms. The topological polar surface area (TPSA) is 24.9 Å². The molecule has 80 valence electrons. The summed E-state index contributed by atoms with van der Waals surface area (Å²) in [4.78, 5) is 5.92. The van der Waals surface area contributed by atoms with E-state index >= 15 is 0 Å². The molecule has 0 aliphatic carbocycles. The van der Waals surface area contributed by atoms with Crippen LogP contribution in [0.2, 0.25) is 0 Å². The average molecular weight is 238 g/mol. The first kappa shape index (κ1) is 10.8. The molecule has 2 heterocycles. The van der Waals surface area contributed by atoms with Gasteiger partial charge in [0, 0.05) is 11.9 Å². The lowest BCUT2D eigenvalue weighted by Crippen LogP contribution is -2.11. The molecule has 0 radical (unpaired) electrons. The molecule has 0 aliphatic heterocycles. The second kappa shape index (κ2) is 4.88. The van der Waals surface area contributed by atoms with Gasteiger partial charge in [-0.15, -0.1) is 22.7 Å². The van der Waals surface area contributed by atoms with Gasteiger partial charge in [0.25, 0.3) is 0 Å². The molecule has 0 unspecified atom stereocenters. The summed E-state index contributed by atoms with van der Waals surface area (Å²) in [6, 6.07) is 2.14. The van der Waals surface area contributed by atoms with E-state index in [-0.39, 0.29) is 0 Å². The van der Waals surface area contributed by atoms with Crippen LogP contribution in [0.15, 0.2) is 16.8 Å². The van der Waals surface area contributed by atoms with Gasteiger partial charge in [0.05, 0.1) is 10.6 Å². The van der Waals surface area contributed by atoms with Crippen LogP contribution in [0.3, 0.4) is 0 Å². The minimum absolute atomic E-state index is 0.881. The number of nitrogens with zero attached hydrogens (tertiary/aromatic N) is 1. The molecule has 2 rings (SSSR count). The lowest BCUT2D eigenvalue weighted by Gasteiger charge is -1.95. The predicted molar refractivity (Wildman–Crippen MR) is 67.5 cm³/mol. The summed E-state index contributed by atoms with van der Waals surface area (Å²) in [6.07, 6.45) is 0. The molecular formula is C11H14N2S2. The Bertz CT molecular complexity index is 431. The maximum Gasteiger partial charge on any atom is 0.107 e. The number of aryl methyl sites for hydroxylation is 1. The maximum atomic E-state index is 4.62. The molecule has 0 amide bonds. The van der Waals surface area contributed by atoms with E-state index in [1.165, 1.54) is 15.4 Å². The highest BCUT2D eigenvalue weighted by atomic mass is 32.1. The molecule has 1 N–H and O–H groups in total. The molecule has 0 fully saturated rings. The van der Waals surface area contributed by atoms with Crippen molar-refractivity contribution in [2.24, 2.45) is 0 Å². The summed E-state index contributed by atoms with van der Waals surface area (Å²) in [5, 5.41) is 8.72. The quantitative estimate of drug-likeness (QED) is 0.884. The number of hydrogen-bond donors (Lipinski definition) is 1. The molecule has 0 saturated heterocycles. The Labute approximate surface area is 98.0 Å². The minimum Gasteiger partial charge on any atom is -0.311 e. The van der Waals surface area contributed by atoms with Gasteiger partial charge in [-0.05, 0) is 30.5 Å². The van der Waals surface area contributed by atoms with Crippen molar-refractivity contribution in [3.8, 4) is 10.6 Å². The van der Waals surface area contributed by atoms with Gasteiger partial charge in [-0.3, -0.25) is 0 Å². The lowest BCUT2D eigenvalue weighted by molar-refractivity contribution is 0.723. The molecule has 2 aromatic heterocycles. The largest absolute Gasteiger partial charge is 0.311 e. The van der Waals surface area contributed by atoms with Crippen LogP contribution >= 0.6 is 22.7 Å². The van der Waals surface area contributed by atoms with E-state index in [0.717, 1.165) is 18.8 Å². The van der Waals surface area contributed by atoms with Crippen molar-refractivity contribution in [3.05, 3.63) is 27.4 Å². The van der Waals surface area contributed by atoms with E-state index in [2.05, 4.69) is 41.0 Å². The van der Waals surface area contributed by atoms with E-state index in [9.17, 15) is 0 Å². The van der Waals surface area contributed by atoms with Crippen LogP contribution in [0.5, 0.6) is 0 Å². The molecular weight excluding hydrogens is 224 g/mol. The summed E-state index contributed by atoms with van der Waals surface area (Å²) in [6.45, 7) is 6.12. The third-order valence-electron chi connectivity index (χ3n) is 2.17. The molecule has 2 nitrogen and oxygen atoms in total. The van der Waals surface area contributed by atoms with Gasteiger partial charge in [-0.2, -0.15) is 0 Å². The second-order valence-corrected chi connectivity index (χ2v) is 5.20. The standard InChI is InChI=1S/C11H14N2S2/c1-3-12-6-10-13-9(7-15-10)11-8(2)4-5-14-11/h4-5,7,12H,3,6H2,1-2H3. The third-order valence-corrected chi connectivity index (χ3v) is 4.06. The fourth-order valence-corrected chi connectivity index (χ4v) is 3.08. The number of hydrogen-bond acceptors (Lipinski definition) is 4. The normalized spacial score (nSPS) is 10.8. The summed E-state index contributed by atoms with van der Waals surface area (Å²) >= 11 is 3.49. The van der Waals surface area contributed by atoms with Crippen molar-refractivity contribution in [3.63, 3.8) is 0 Å². The molecule has 0 atom stereocenters. The van der Waals surface area contributed by atoms with Crippen molar-refractivity contribution in [1.29, 1.82) is 0 Å². The number of rotatable bonds is 4. The fourth-order valence-electron chi connectivity index (χ4n) is 1.36. The highest BCUT2D eigenvalue weighted by molar-refractivity contribution is 7.14. The van der Waals surface area contributed by atoms with Crippen molar-refractivity contribution in [2.75, 3.05) is 6.54 Å². The van der Waals surface area contributed by atoms with Crippen LogP contribution in [0.1, 0.15) is 17.5 Å². The van der Waals surface area contributed by atoms with Crippen molar-refractivity contribution in [2.45, 2.75) is 20.4 Å². The zero-order valence-electron chi connectivity index (χ0n) is 8.91. The average Bonchev–Trinajstić information content (AvgIpc) is 2.83. The summed E-state index contributed by atoms with van der Waals surface area (Å²) in [5.41, 5.74) is 2.45. The Morgan fingerprint density at radius 2 is 2.27 bits per heavy atom. The zero-order valence-corrected chi connectivity index (χ0v) is 10.5. The monoisotopic (exact) mass is 238 g/mol. The molecule has 4 heteroatoms. The van der Waals surface area contributed by atoms with E-state index in [0.29, 0.717) is 0 Å². The molecule has 0 saturated carbocycles. The first-order valence-electron chi connectivity index (χ1n) is 5.01. The first-order valence-corrected chi connectivity index (χ1v) is 6.76. The third kappa shape index (κ3) is 2.45. The van der Waals surface area contributed by atoms with E-state index in [1.54, 1.807) is 22.7 Å². The molecule has 2 aromatic rings. The van der Waals surface area contributed by atoms with Crippen molar-refractivity contribution < 1.29 is 0 Å². The first-order chi connectivity index (χ1) is 7.31. The smallest absolute Gasteiger partial charge is 0.107 e. The highest BCUT2D eigenvalue weighted by Crippen LogP contribution is 2.29. The van der Waals surface area contributed by atoms with E-state index in [1.807, 2.05) is 0 Å². The number of aromatic nitrogens is 1. The van der Waals surface area contributed by atoms with Gasteiger partial charge in [0.2, 0.25) is 0 Å². The SMILES string of the molecule is CCNCc1nc(-c2sccc2C)cs1. The van der Waals surface area contributed by atoms with Gasteiger partial charge in [-0.25, -0.2) is 4.98 Å². The van der Waals surface area contributed by atoms with Gasteiger partial charge >= 0.3 is 0 Å². The molecule has 0 aromatic carbocycles. The van der Waals surface area contributed by atoms with Crippen LogP contribution in [-0.4, -0.2) is 11.5 Å². The van der Waals surface area contributed by atoms with Crippen molar-refractivity contribution in [1.82, 2.24) is 10.3 Å². The highest BCUT2D eigenvalue weighted by Gasteiger charge is 2.07. The Morgan fingerprint density at radius 1 is 1.40 bits per heavy atom. The Hall–Kier alpha value is -0.710. The summed E-state index contributed by atoms with van der Waals surface area (Å²) < 4.78 is 0. The minimum atomic E-state index is 0.881. The summed E-state index contributed by atoms with van der Waals surface area (Å²) in [5.74, 6) is 0. The van der Waals surface area contributed by atoms with Gasteiger partial charge in [-0.1, -0.05) is 6.92 Å². The predicted octanol–water partition coefficient (Wildman–Crippen LogP) is 3.29. The van der Waals surface area contributed by atoms with Gasteiger partial charge in [0.15, 0.2) is 0 Å². The van der Waals surface area contributed by atoms with Gasteiger partial charge < -0.3 is 5.32 Å². The second-order valence-electron chi connectivity index (χ2n) is 3.34. The van der Waals surface area contributed by atoms with Crippen LogP contribution in [0, 0.1) is 6.92 Å². The lowest BCUT2D eigenvalue weighted by atomic mass is 10.2. The molecule has 0 aliphatic rings. The number of nitrogens with one attached hydrogen (secondary N) is 1. The number of thiophene rings is 1. The maximum absolute atomic E-state index is 4.62. The van der Waals surface area contributed by atoms with E-state index in [4.69, 9.17) is 0 Å². The van der Waals surface area contributed by atoms with Gasteiger partial charge in [0.1, 0.15) is 5.01 Å². The Kier molecular flexibility index (Phi) is 3.51. The molecule has 0 bridgehead atoms. The van der Waals surface area contributed by atoms with E-state index < -0.39 is 0 Å². The van der Waals surface area contributed by atoms with Crippen LogP contribution in [0.25, 0.3) is 10.6 Å². The van der Waals surface area contributed by atoms with Crippen molar-refractivity contribution >= 4 is 22.7 Å². The van der Waals surface area contributed by atoms with Crippen LogP contribution < -0.4 is 5.32 Å².